The fraction of sp³-hybridized carbons (Fsp3) is 0.500. The molecule has 3 aliphatic rings. The lowest BCUT2D eigenvalue weighted by Crippen LogP contribution is -2.38. The molecule has 1 aromatic rings. The summed E-state index contributed by atoms with van der Waals surface area (Å²) in [5.41, 5.74) is 2.78. The molecule has 35 heavy (non-hydrogen) atoms. The first kappa shape index (κ1) is 25.3. The minimum Gasteiger partial charge on any atom is -0.497 e. The van der Waals surface area contributed by atoms with Gasteiger partial charge in [-0.3, -0.25) is 4.79 Å². The molecule has 1 amide bonds. The summed E-state index contributed by atoms with van der Waals surface area (Å²) in [5, 5.41) is 5.79. The first-order chi connectivity index (χ1) is 16.9. The van der Waals surface area contributed by atoms with Gasteiger partial charge in [0.05, 0.1) is 37.4 Å². The van der Waals surface area contributed by atoms with Crippen LogP contribution >= 0.6 is 11.8 Å². The average Bonchev–Trinajstić information content (AvgIpc) is 3.43. The summed E-state index contributed by atoms with van der Waals surface area (Å²) in [6.45, 7) is 5.67. The van der Waals surface area contributed by atoms with Gasteiger partial charge in [0.15, 0.2) is 5.17 Å². The van der Waals surface area contributed by atoms with Crippen LogP contribution in [-0.2, 0) is 14.3 Å². The highest BCUT2D eigenvalue weighted by Gasteiger charge is 2.41. The molecule has 0 radical (unpaired) electrons. The minimum absolute atomic E-state index is 0.0351. The molecule has 4 rings (SSSR count). The smallest absolute Gasteiger partial charge is 0.338 e. The van der Waals surface area contributed by atoms with Gasteiger partial charge in [-0.15, -0.1) is 0 Å². The molecule has 188 valence electrons. The number of amides is 1. The molecular weight excluding hydrogens is 464 g/mol. The Balaban J connectivity index is 1.55. The van der Waals surface area contributed by atoms with Gasteiger partial charge in [0.2, 0.25) is 5.91 Å². The van der Waals surface area contributed by atoms with E-state index < -0.39 is 12.0 Å². The zero-order valence-corrected chi connectivity index (χ0v) is 21.7. The largest absolute Gasteiger partial charge is 0.497 e. The fourth-order valence-electron chi connectivity index (χ4n) is 4.92. The van der Waals surface area contributed by atoms with Crippen molar-refractivity contribution in [3.63, 3.8) is 0 Å². The van der Waals surface area contributed by atoms with Crippen LogP contribution in [0.2, 0.25) is 0 Å². The van der Waals surface area contributed by atoms with Crippen molar-refractivity contribution in [3.8, 4) is 5.75 Å². The zero-order chi connectivity index (χ0) is 24.9. The number of allylic oxidation sites excluding steroid dienone is 1. The molecule has 0 unspecified atom stereocenters. The number of fused-ring (bicyclic) bond motifs is 1. The van der Waals surface area contributed by atoms with Crippen molar-refractivity contribution in [2.75, 3.05) is 33.9 Å². The van der Waals surface area contributed by atoms with Gasteiger partial charge < -0.3 is 24.6 Å². The Morgan fingerprint density at radius 1 is 1.31 bits per heavy atom. The number of amidine groups is 1. The number of hydrogen-bond acceptors (Lipinski definition) is 8. The van der Waals surface area contributed by atoms with E-state index in [9.17, 15) is 9.59 Å². The third kappa shape index (κ3) is 5.56. The van der Waals surface area contributed by atoms with E-state index in [0.29, 0.717) is 29.6 Å². The quantitative estimate of drug-likeness (QED) is 0.518. The first-order valence-electron chi connectivity index (χ1n) is 12.1. The van der Waals surface area contributed by atoms with Crippen LogP contribution < -0.4 is 10.1 Å². The van der Waals surface area contributed by atoms with Gasteiger partial charge in [0.25, 0.3) is 0 Å². The van der Waals surface area contributed by atoms with Gasteiger partial charge in [-0.05, 0) is 69.8 Å². The number of carbonyl (C=O) groups is 2. The minimum atomic E-state index is -0.460. The van der Waals surface area contributed by atoms with Gasteiger partial charge in [0.1, 0.15) is 5.75 Å². The van der Waals surface area contributed by atoms with Crippen molar-refractivity contribution in [2.45, 2.75) is 51.6 Å². The maximum atomic E-state index is 13.0. The molecular formula is C26H34N4O4S. The van der Waals surface area contributed by atoms with Gasteiger partial charge in [0, 0.05) is 18.3 Å². The number of esters is 1. The number of ether oxygens (including phenoxy) is 2. The number of likely N-dealkylation sites (tertiary alicyclic amines) is 1. The van der Waals surface area contributed by atoms with Crippen LogP contribution in [0.3, 0.4) is 0 Å². The molecule has 3 aliphatic heterocycles. The van der Waals surface area contributed by atoms with Crippen LogP contribution in [0.1, 0.15) is 51.1 Å². The molecule has 0 saturated carbocycles. The number of nitrogens with zero attached hydrogens (tertiary/aromatic N) is 3. The van der Waals surface area contributed by atoms with Crippen LogP contribution in [-0.4, -0.2) is 66.7 Å². The Bertz CT molecular complexity index is 1070. The second-order valence-electron chi connectivity index (χ2n) is 8.98. The van der Waals surface area contributed by atoms with Gasteiger partial charge in [-0.25, -0.2) is 9.79 Å². The number of hydrogen-bond donors (Lipinski definition) is 1. The Morgan fingerprint density at radius 3 is 2.86 bits per heavy atom. The second kappa shape index (κ2) is 11.3. The number of aliphatic imine (C=N–C) groups is 1. The monoisotopic (exact) mass is 498 g/mol. The lowest BCUT2D eigenvalue weighted by molar-refractivity contribution is -0.139. The molecule has 1 N–H and O–H groups in total. The molecule has 0 aliphatic carbocycles. The molecule has 0 bridgehead atoms. The molecule has 8 nitrogen and oxygen atoms in total. The number of methoxy groups -OCH3 is 1. The highest BCUT2D eigenvalue weighted by atomic mass is 32.2. The van der Waals surface area contributed by atoms with Crippen LogP contribution in [0.15, 0.2) is 51.6 Å². The molecule has 1 aromatic carbocycles. The highest BCUT2D eigenvalue weighted by molar-refractivity contribution is 8.16. The number of rotatable bonds is 9. The van der Waals surface area contributed by atoms with E-state index in [1.165, 1.54) is 24.6 Å². The number of nitrogens with one attached hydrogen (secondary N) is 1. The van der Waals surface area contributed by atoms with Crippen molar-refractivity contribution in [1.29, 1.82) is 0 Å². The summed E-state index contributed by atoms with van der Waals surface area (Å²) in [6.07, 6.45) is 3.57. The average molecular weight is 499 g/mol. The summed E-state index contributed by atoms with van der Waals surface area (Å²) in [5.74, 6) is 0.258. The van der Waals surface area contributed by atoms with E-state index in [0.717, 1.165) is 29.4 Å². The van der Waals surface area contributed by atoms with Crippen LogP contribution in [0.25, 0.3) is 0 Å². The molecule has 9 heteroatoms. The summed E-state index contributed by atoms with van der Waals surface area (Å²) in [6, 6.07) is 7.72. The van der Waals surface area contributed by atoms with Crippen molar-refractivity contribution < 1.29 is 19.1 Å². The first-order valence-corrected chi connectivity index (χ1v) is 13.0. The topological polar surface area (TPSA) is 83.5 Å². The standard InChI is InChI=1S/C26H34N4O4S/c1-5-34-25(32)23-17(2)28-26-30(24(23)18-8-6-10-21(14-18)33-4)20(16-35-26)15-22(31)27-12-11-19-9-7-13-29(19)3/h6,8,10,14,16,19,24H,5,7,9,11-13,15H2,1-4H3,(H,27,31)/t19-,24-/m1/s1. The fourth-order valence-corrected chi connectivity index (χ4v) is 5.88. The summed E-state index contributed by atoms with van der Waals surface area (Å²) < 4.78 is 10.8. The van der Waals surface area contributed by atoms with Crippen LogP contribution in [0, 0.1) is 0 Å². The van der Waals surface area contributed by atoms with E-state index in [-0.39, 0.29) is 18.9 Å². The van der Waals surface area contributed by atoms with Crippen LogP contribution in [0.5, 0.6) is 5.75 Å². The Kier molecular flexibility index (Phi) is 8.18. The van der Waals surface area contributed by atoms with E-state index >= 15 is 0 Å². The maximum Gasteiger partial charge on any atom is 0.338 e. The lowest BCUT2D eigenvalue weighted by atomic mass is 9.93. The highest BCUT2D eigenvalue weighted by Crippen LogP contribution is 2.45. The summed E-state index contributed by atoms with van der Waals surface area (Å²) in [4.78, 5) is 35.0. The molecule has 3 heterocycles. The van der Waals surface area contributed by atoms with Gasteiger partial charge in [-0.2, -0.15) is 0 Å². The summed E-state index contributed by atoms with van der Waals surface area (Å²) in [7, 11) is 3.76. The third-order valence-corrected chi connectivity index (χ3v) is 7.61. The van der Waals surface area contributed by atoms with Crippen molar-refractivity contribution in [1.82, 2.24) is 15.1 Å². The van der Waals surface area contributed by atoms with E-state index in [1.54, 1.807) is 14.0 Å². The Morgan fingerprint density at radius 2 is 2.14 bits per heavy atom. The molecule has 0 spiro atoms. The molecule has 0 aromatic heterocycles. The molecule has 1 saturated heterocycles. The lowest BCUT2D eigenvalue weighted by Gasteiger charge is -2.36. The number of carbonyl (C=O) groups excluding carboxylic acids is 2. The molecule has 1 fully saturated rings. The Hall–Kier alpha value is -2.78. The predicted molar refractivity (Wildman–Crippen MR) is 138 cm³/mol. The van der Waals surface area contributed by atoms with Crippen molar-refractivity contribution >= 4 is 28.8 Å². The maximum absolute atomic E-state index is 13.0. The van der Waals surface area contributed by atoms with E-state index in [1.807, 2.05) is 41.5 Å². The predicted octanol–water partition coefficient (Wildman–Crippen LogP) is 3.82. The van der Waals surface area contributed by atoms with Crippen molar-refractivity contribution in [2.24, 2.45) is 4.99 Å². The third-order valence-electron chi connectivity index (χ3n) is 6.72. The van der Waals surface area contributed by atoms with E-state index in [4.69, 9.17) is 14.5 Å². The van der Waals surface area contributed by atoms with Crippen LogP contribution in [0.4, 0.5) is 0 Å². The number of thioether (sulfide) groups is 1. The normalized spacial score (nSPS) is 22.0. The van der Waals surface area contributed by atoms with Crippen molar-refractivity contribution in [3.05, 3.63) is 52.2 Å². The Labute approximate surface area is 211 Å². The second-order valence-corrected chi connectivity index (χ2v) is 9.82. The SMILES string of the molecule is CCOC(=O)C1=C(C)N=C2SC=C(CC(=O)NCC[C@H]3CCCN3C)N2[C@@H]1c1cccc(OC)c1. The number of benzene rings is 1. The molecule has 2 atom stereocenters. The van der Waals surface area contributed by atoms with Gasteiger partial charge >= 0.3 is 5.97 Å². The van der Waals surface area contributed by atoms with Gasteiger partial charge in [-0.1, -0.05) is 23.9 Å². The summed E-state index contributed by atoms with van der Waals surface area (Å²) >= 11 is 1.47. The van der Waals surface area contributed by atoms with E-state index in [2.05, 4.69) is 17.3 Å². The zero-order valence-electron chi connectivity index (χ0n) is 20.9.